The molecular weight excluding hydrogens is 264 g/mol. The zero-order chi connectivity index (χ0) is 14.8. The summed E-state index contributed by atoms with van der Waals surface area (Å²) in [6.07, 6.45) is 9.82. The molecule has 116 valence electrons. The van der Waals surface area contributed by atoms with E-state index in [-0.39, 0.29) is 0 Å². The van der Waals surface area contributed by atoms with E-state index in [0.29, 0.717) is 0 Å². The molecule has 0 unspecified atom stereocenters. The van der Waals surface area contributed by atoms with Crippen LogP contribution in [0.4, 0.5) is 0 Å². The normalized spacial score (nSPS) is 12.9. The first-order chi connectivity index (χ1) is 8.71. The van der Waals surface area contributed by atoms with E-state index in [2.05, 4.69) is 49.2 Å². The maximum absolute atomic E-state index is 3.69. The van der Waals surface area contributed by atoms with Crippen LogP contribution in [0.15, 0.2) is 0 Å². The molecule has 2 nitrogen and oxygen atoms in total. The van der Waals surface area contributed by atoms with Crippen LogP contribution in [0.25, 0.3) is 0 Å². The van der Waals surface area contributed by atoms with Gasteiger partial charge in [-0.05, 0) is 25.9 Å². The quantitative estimate of drug-likeness (QED) is 0.408. The van der Waals surface area contributed by atoms with E-state index in [1.807, 2.05) is 0 Å². The van der Waals surface area contributed by atoms with Crippen molar-refractivity contribution in [3.8, 4) is 0 Å². The van der Waals surface area contributed by atoms with Crippen LogP contribution < -0.4 is 9.96 Å². The lowest BCUT2D eigenvalue weighted by Crippen LogP contribution is -2.41. The third kappa shape index (κ3) is 18.4. The van der Waals surface area contributed by atoms with Gasteiger partial charge in [-0.2, -0.15) is 0 Å². The fourth-order valence-electron chi connectivity index (χ4n) is 2.06. The van der Waals surface area contributed by atoms with Gasteiger partial charge in [0, 0.05) is 0 Å². The van der Waals surface area contributed by atoms with E-state index in [0.717, 1.165) is 0 Å². The molecule has 0 aliphatic carbocycles. The van der Waals surface area contributed by atoms with Crippen LogP contribution in [0, 0.1) is 0 Å². The van der Waals surface area contributed by atoms with E-state index in [1.54, 1.807) is 0 Å². The number of nitrogens with one attached hydrogen (secondary N) is 2. The Labute approximate surface area is 124 Å². The van der Waals surface area contributed by atoms with E-state index >= 15 is 0 Å². The van der Waals surface area contributed by atoms with E-state index in [1.165, 1.54) is 58.0 Å². The van der Waals surface area contributed by atoms with Crippen molar-refractivity contribution >= 4 is 16.5 Å². The molecule has 0 heterocycles. The van der Waals surface area contributed by atoms with Gasteiger partial charge >= 0.3 is 0 Å². The predicted molar refractivity (Wildman–Crippen MR) is 95.0 cm³/mol. The van der Waals surface area contributed by atoms with Crippen LogP contribution in [0.5, 0.6) is 0 Å². The molecule has 0 aromatic carbocycles. The summed E-state index contributed by atoms with van der Waals surface area (Å²) in [5, 5.41) is 0. The molecule has 0 fully saturated rings. The standard InChI is InChI=1S/C15H38N2Si2/c1-18(2,3)16-14-12-10-8-7-9-11-13-15-17-19(4,5)6/h16-17H,7-15H2,1-6H3. The SMILES string of the molecule is C[Si](C)(C)NCCCCCCCCCN[Si](C)(C)C. The highest BCUT2D eigenvalue weighted by Gasteiger charge is 2.11. The van der Waals surface area contributed by atoms with Crippen molar-refractivity contribution < 1.29 is 0 Å². The van der Waals surface area contributed by atoms with Crippen molar-refractivity contribution in [2.75, 3.05) is 13.1 Å². The van der Waals surface area contributed by atoms with Crippen molar-refractivity contribution in [3.05, 3.63) is 0 Å². The molecule has 0 aromatic rings. The van der Waals surface area contributed by atoms with Gasteiger partial charge in [0.15, 0.2) is 0 Å². The summed E-state index contributed by atoms with van der Waals surface area (Å²) in [6, 6.07) is 0. The summed E-state index contributed by atoms with van der Waals surface area (Å²) in [6.45, 7) is 16.7. The minimum Gasteiger partial charge on any atom is -0.337 e. The molecule has 0 amide bonds. The average molecular weight is 303 g/mol. The molecule has 19 heavy (non-hydrogen) atoms. The Balaban J connectivity index is 3.12. The third-order valence-electron chi connectivity index (χ3n) is 3.16. The summed E-state index contributed by atoms with van der Waals surface area (Å²) >= 11 is 0. The van der Waals surface area contributed by atoms with Crippen molar-refractivity contribution in [1.82, 2.24) is 9.96 Å². The molecule has 0 saturated heterocycles. The van der Waals surface area contributed by atoms with Gasteiger partial charge in [0.25, 0.3) is 0 Å². The maximum atomic E-state index is 3.69. The monoisotopic (exact) mass is 302 g/mol. The third-order valence-corrected chi connectivity index (χ3v) is 5.79. The summed E-state index contributed by atoms with van der Waals surface area (Å²) in [4.78, 5) is 7.38. The van der Waals surface area contributed by atoms with E-state index < -0.39 is 16.5 Å². The van der Waals surface area contributed by atoms with Crippen LogP contribution in [0.2, 0.25) is 39.3 Å². The lowest BCUT2D eigenvalue weighted by Gasteiger charge is -2.18. The second-order valence-electron chi connectivity index (χ2n) is 7.83. The molecule has 2 N–H and O–H groups in total. The lowest BCUT2D eigenvalue weighted by molar-refractivity contribution is 0.574. The first-order valence-corrected chi connectivity index (χ1v) is 15.2. The first-order valence-electron chi connectivity index (χ1n) is 8.21. The van der Waals surface area contributed by atoms with Crippen molar-refractivity contribution in [3.63, 3.8) is 0 Å². The molecule has 0 spiro atoms. The van der Waals surface area contributed by atoms with Gasteiger partial charge in [-0.1, -0.05) is 71.4 Å². The highest BCUT2D eigenvalue weighted by Crippen LogP contribution is 2.07. The Morgan fingerprint density at radius 1 is 0.474 bits per heavy atom. The van der Waals surface area contributed by atoms with Gasteiger partial charge in [-0.15, -0.1) is 0 Å². The highest BCUT2D eigenvalue weighted by molar-refractivity contribution is 6.73. The van der Waals surface area contributed by atoms with Crippen LogP contribution >= 0.6 is 0 Å². The van der Waals surface area contributed by atoms with Crippen molar-refractivity contribution in [1.29, 1.82) is 0 Å². The van der Waals surface area contributed by atoms with Gasteiger partial charge in [0.05, 0.1) is 0 Å². The minimum absolute atomic E-state index is 1.02. The van der Waals surface area contributed by atoms with E-state index in [4.69, 9.17) is 0 Å². The zero-order valence-electron chi connectivity index (χ0n) is 14.4. The van der Waals surface area contributed by atoms with Gasteiger partial charge in [0.1, 0.15) is 16.5 Å². The summed E-state index contributed by atoms with van der Waals surface area (Å²) < 4.78 is 0. The first kappa shape index (κ1) is 19.4. The number of hydrogen-bond donors (Lipinski definition) is 2. The molecule has 0 saturated carbocycles. The molecule has 0 atom stereocenters. The Hall–Kier alpha value is 0.354. The zero-order valence-corrected chi connectivity index (χ0v) is 16.4. The predicted octanol–water partition coefficient (Wildman–Crippen LogP) is 4.57. The maximum Gasteiger partial charge on any atom is 0.116 e. The van der Waals surface area contributed by atoms with Crippen LogP contribution in [0.1, 0.15) is 44.9 Å². The lowest BCUT2D eigenvalue weighted by atomic mass is 10.1. The summed E-state index contributed by atoms with van der Waals surface area (Å²) in [5.41, 5.74) is 0. The molecule has 0 aliphatic heterocycles. The number of unbranched alkanes of at least 4 members (excludes halogenated alkanes) is 6. The molecule has 4 heteroatoms. The summed E-state index contributed by atoms with van der Waals surface area (Å²) in [7, 11) is -2.03. The van der Waals surface area contributed by atoms with Gasteiger partial charge in [-0.25, -0.2) is 0 Å². The Morgan fingerprint density at radius 3 is 1.00 bits per heavy atom. The second-order valence-corrected chi connectivity index (χ2v) is 17.5. The Kier molecular flexibility index (Phi) is 10.3. The number of rotatable bonds is 12. The summed E-state index contributed by atoms with van der Waals surface area (Å²) in [5.74, 6) is 0. The number of hydrogen-bond acceptors (Lipinski definition) is 2. The smallest absolute Gasteiger partial charge is 0.116 e. The van der Waals surface area contributed by atoms with Crippen LogP contribution in [-0.4, -0.2) is 29.6 Å². The van der Waals surface area contributed by atoms with Crippen LogP contribution in [0.3, 0.4) is 0 Å². The largest absolute Gasteiger partial charge is 0.337 e. The molecule has 0 rings (SSSR count). The van der Waals surface area contributed by atoms with E-state index in [9.17, 15) is 0 Å². The van der Waals surface area contributed by atoms with Crippen molar-refractivity contribution in [2.24, 2.45) is 0 Å². The molecule has 0 radical (unpaired) electrons. The highest BCUT2D eigenvalue weighted by atomic mass is 28.3. The van der Waals surface area contributed by atoms with Crippen LogP contribution in [-0.2, 0) is 0 Å². The fraction of sp³-hybridized carbons (Fsp3) is 1.00. The Morgan fingerprint density at radius 2 is 0.737 bits per heavy atom. The minimum atomic E-state index is -1.02. The topological polar surface area (TPSA) is 24.1 Å². The molecule has 0 aromatic heterocycles. The van der Waals surface area contributed by atoms with Crippen molar-refractivity contribution in [2.45, 2.75) is 84.2 Å². The average Bonchev–Trinajstić information content (AvgIpc) is 2.22. The molecule has 0 bridgehead atoms. The fourth-order valence-corrected chi connectivity index (χ4v) is 3.91. The van der Waals surface area contributed by atoms with Gasteiger partial charge in [0.2, 0.25) is 0 Å². The Bertz CT molecular complexity index is 185. The van der Waals surface area contributed by atoms with Gasteiger partial charge < -0.3 is 9.96 Å². The molecular formula is C15H38N2Si2. The molecule has 0 aliphatic rings. The van der Waals surface area contributed by atoms with Gasteiger partial charge in [-0.3, -0.25) is 0 Å². The second kappa shape index (κ2) is 10.1.